The lowest BCUT2D eigenvalue weighted by molar-refractivity contribution is 0.0697. The van der Waals surface area contributed by atoms with E-state index in [0.717, 1.165) is 5.56 Å². The number of aromatic amines is 1. The molecule has 0 spiro atoms. The molecule has 4 aromatic rings. The van der Waals surface area contributed by atoms with Crippen LogP contribution in [0.4, 0.5) is 0 Å². The number of piperazine rings is 1. The highest BCUT2D eigenvalue weighted by atomic mass is 35.5. The molecule has 11 heteroatoms. The topological polar surface area (TPSA) is 119 Å². The number of nitrogens with one attached hydrogen (secondary N) is 1. The number of benzene rings is 2. The molecule has 2 N–H and O–H groups in total. The summed E-state index contributed by atoms with van der Waals surface area (Å²) in [6, 6.07) is 17.4. The molecule has 0 unspecified atom stereocenters. The number of halogens is 1. The first kappa shape index (κ1) is 23.4. The first-order valence-electron chi connectivity index (χ1n) is 11.0. The van der Waals surface area contributed by atoms with Crippen LogP contribution in [0.1, 0.15) is 16.1 Å². The Kier molecular flexibility index (Phi) is 6.28. The van der Waals surface area contributed by atoms with Gasteiger partial charge in [0.25, 0.3) is 15.9 Å². The molecule has 2 aromatic carbocycles. The van der Waals surface area contributed by atoms with Crippen molar-refractivity contribution in [1.82, 2.24) is 24.2 Å². The normalized spacial score (nSPS) is 15.0. The number of nitrogens with zero attached hydrogens (tertiary/aromatic N) is 4. The molecule has 3 heterocycles. The van der Waals surface area contributed by atoms with Gasteiger partial charge in [0.1, 0.15) is 0 Å². The Hall–Kier alpha value is -3.31. The highest BCUT2D eigenvalue weighted by molar-refractivity contribution is 7.89. The number of aliphatic hydroxyl groups excluding tert-OH is 1. The predicted molar refractivity (Wildman–Crippen MR) is 131 cm³/mol. The van der Waals surface area contributed by atoms with Crippen LogP contribution in [-0.4, -0.2) is 69.8 Å². The van der Waals surface area contributed by atoms with E-state index in [9.17, 15) is 18.3 Å². The van der Waals surface area contributed by atoms with Crippen molar-refractivity contribution in [2.75, 3.05) is 26.2 Å². The van der Waals surface area contributed by atoms with Crippen molar-refractivity contribution in [2.45, 2.75) is 11.8 Å². The number of aliphatic hydroxyl groups is 1. The molecule has 5 rings (SSSR count). The van der Waals surface area contributed by atoms with Crippen LogP contribution in [0.2, 0.25) is 5.02 Å². The number of pyridine rings is 1. The average molecular weight is 512 g/mol. The fourth-order valence-corrected chi connectivity index (χ4v) is 5.54. The number of carbonyl (C=O) groups excluding carboxylic acids is 1. The fourth-order valence-electron chi connectivity index (χ4n) is 4.03. The molecule has 9 nitrogen and oxygen atoms in total. The van der Waals surface area contributed by atoms with Gasteiger partial charge in [-0.2, -0.15) is 4.31 Å². The maximum absolute atomic E-state index is 13.1. The van der Waals surface area contributed by atoms with E-state index in [2.05, 4.69) is 15.0 Å². The van der Waals surface area contributed by atoms with E-state index in [1.807, 2.05) is 24.3 Å². The van der Waals surface area contributed by atoms with E-state index in [1.165, 1.54) is 4.31 Å². The van der Waals surface area contributed by atoms with E-state index in [1.54, 1.807) is 41.3 Å². The third-order valence-corrected chi connectivity index (χ3v) is 7.89. The molecule has 0 saturated carbocycles. The van der Waals surface area contributed by atoms with Gasteiger partial charge in [0.2, 0.25) is 5.16 Å². The molecular formula is C24H22ClN5O4S. The molecule has 1 saturated heterocycles. The van der Waals surface area contributed by atoms with Crippen LogP contribution in [0.25, 0.3) is 22.3 Å². The van der Waals surface area contributed by atoms with Gasteiger partial charge in [-0.25, -0.2) is 13.4 Å². The summed E-state index contributed by atoms with van der Waals surface area (Å²) in [5, 5.41) is 9.63. The zero-order chi connectivity index (χ0) is 24.6. The summed E-state index contributed by atoms with van der Waals surface area (Å²) in [5.41, 5.74) is 3.69. The Balaban J connectivity index is 1.26. The van der Waals surface area contributed by atoms with Gasteiger partial charge in [-0.15, -0.1) is 0 Å². The summed E-state index contributed by atoms with van der Waals surface area (Å²) >= 11 is 5.98. The molecule has 0 atom stereocenters. The molecule has 35 heavy (non-hydrogen) atoms. The van der Waals surface area contributed by atoms with Crippen molar-refractivity contribution < 1.29 is 18.3 Å². The summed E-state index contributed by atoms with van der Waals surface area (Å²) in [5.74, 6) is -0.163. The Labute approximate surface area is 207 Å². The summed E-state index contributed by atoms with van der Waals surface area (Å²) in [4.78, 5) is 26.1. The van der Waals surface area contributed by atoms with Crippen molar-refractivity contribution in [3.05, 3.63) is 76.9 Å². The number of hydrogen-bond donors (Lipinski definition) is 2. The number of amides is 1. The van der Waals surface area contributed by atoms with Gasteiger partial charge in [-0.3, -0.25) is 9.78 Å². The highest BCUT2D eigenvalue weighted by Gasteiger charge is 2.32. The number of rotatable bonds is 5. The first-order chi connectivity index (χ1) is 16.8. The van der Waals surface area contributed by atoms with Gasteiger partial charge in [0, 0.05) is 42.3 Å². The van der Waals surface area contributed by atoms with Crippen LogP contribution >= 0.6 is 11.6 Å². The van der Waals surface area contributed by atoms with Crippen molar-refractivity contribution in [3.63, 3.8) is 0 Å². The van der Waals surface area contributed by atoms with Crippen LogP contribution in [0, 0.1) is 0 Å². The minimum atomic E-state index is -3.83. The Morgan fingerprint density at radius 3 is 2.46 bits per heavy atom. The lowest BCUT2D eigenvalue weighted by Gasteiger charge is -2.33. The number of carbonyl (C=O) groups is 1. The second-order valence-corrected chi connectivity index (χ2v) is 10.4. The van der Waals surface area contributed by atoms with E-state index in [0.29, 0.717) is 33.0 Å². The van der Waals surface area contributed by atoms with E-state index < -0.39 is 10.0 Å². The van der Waals surface area contributed by atoms with Crippen molar-refractivity contribution in [3.8, 4) is 11.3 Å². The van der Waals surface area contributed by atoms with Crippen molar-refractivity contribution in [2.24, 2.45) is 0 Å². The number of H-pyrrole nitrogens is 1. The summed E-state index contributed by atoms with van der Waals surface area (Å²) in [6.45, 7) is 0.735. The molecule has 0 aliphatic carbocycles. The van der Waals surface area contributed by atoms with Crippen molar-refractivity contribution >= 4 is 38.6 Å². The van der Waals surface area contributed by atoms with E-state index >= 15 is 0 Å². The third-order valence-electron chi connectivity index (χ3n) is 5.93. The summed E-state index contributed by atoms with van der Waals surface area (Å²) < 4.78 is 27.5. The van der Waals surface area contributed by atoms with Gasteiger partial charge < -0.3 is 15.0 Å². The van der Waals surface area contributed by atoms with E-state index in [4.69, 9.17) is 11.6 Å². The fraction of sp³-hybridized carbons (Fsp3) is 0.208. The van der Waals surface area contributed by atoms with Gasteiger partial charge in [0.05, 0.1) is 29.0 Å². The van der Waals surface area contributed by atoms with Crippen LogP contribution < -0.4 is 0 Å². The third kappa shape index (κ3) is 4.65. The van der Waals surface area contributed by atoms with Crippen LogP contribution in [-0.2, 0) is 16.6 Å². The number of imidazole rings is 1. The largest absolute Gasteiger partial charge is 0.390 e. The van der Waals surface area contributed by atoms with E-state index in [-0.39, 0.29) is 43.8 Å². The molecule has 0 bridgehead atoms. The predicted octanol–water partition coefficient (Wildman–Crippen LogP) is 2.92. The molecule has 1 aliphatic heterocycles. The maximum atomic E-state index is 13.1. The second-order valence-electron chi connectivity index (χ2n) is 8.15. The number of fused-ring (bicyclic) bond motifs is 1. The molecule has 2 aromatic heterocycles. The van der Waals surface area contributed by atoms with Gasteiger partial charge in [-0.1, -0.05) is 29.8 Å². The molecule has 180 valence electrons. The first-order valence-corrected chi connectivity index (χ1v) is 12.8. The number of hydrogen-bond acceptors (Lipinski definition) is 6. The number of sulfonamides is 1. The smallest absolute Gasteiger partial charge is 0.276 e. The molecule has 1 aliphatic rings. The average Bonchev–Trinajstić information content (AvgIpc) is 3.33. The van der Waals surface area contributed by atoms with Crippen LogP contribution in [0.15, 0.2) is 65.8 Å². The minimum Gasteiger partial charge on any atom is -0.390 e. The maximum Gasteiger partial charge on any atom is 0.276 e. The van der Waals surface area contributed by atoms with Gasteiger partial charge >= 0.3 is 0 Å². The molecule has 1 amide bonds. The van der Waals surface area contributed by atoms with Crippen molar-refractivity contribution in [1.29, 1.82) is 0 Å². The summed E-state index contributed by atoms with van der Waals surface area (Å²) in [6.07, 6.45) is 0. The second kappa shape index (κ2) is 9.38. The Morgan fingerprint density at radius 1 is 1.00 bits per heavy atom. The molecule has 1 fully saturated rings. The van der Waals surface area contributed by atoms with Gasteiger partial charge in [0.15, 0.2) is 0 Å². The zero-order valence-electron chi connectivity index (χ0n) is 18.6. The Morgan fingerprint density at radius 2 is 1.74 bits per heavy atom. The number of aromatic nitrogens is 3. The SMILES string of the molecule is O=C(c1ccc(-c2cccc(CO)n2)cc1)N1CCN(S(=O)(=O)c2nc3ccc(Cl)cc3[nH]2)CC1. The highest BCUT2D eigenvalue weighted by Crippen LogP contribution is 2.23. The molecular weight excluding hydrogens is 490 g/mol. The standard InChI is InChI=1S/C24H22ClN5O4S/c25-18-8-9-21-22(14-18)28-24(27-21)35(33,34)30-12-10-29(11-13-30)23(32)17-6-4-16(5-7-17)20-3-1-2-19(15-31)26-20/h1-9,14,31H,10-13,15H2,(H,27,28). The molecule has 0 radical (unpaired) electrons. The van der Waals surface area contributed by atoms with Crippen LogP contribution in [0.5, 0.6) is 0 Å². The van der Waals surface area contributed by atoms with Gasteiger partial charge in [-0.05, 0) is 42.5 Å². The van der Waals surface area contributed by atoms with Crippen LogP contribution in [0.3, 0.4) is 0 Å². The Bertz CT molecular complexity index is 1500. The lowest BCUT2D eigenvalue weighted by Crippen LogP contribution is -2.50. The zero-order valence-corrected chi connectivity index (χ0v) is 20.1. The quantitative estimate of drug-likeness (QED) is 0.425. The monoisotopic (exact) mass is 511 g/mol. The summed E-state index contributed by atoms with van der Waals surface area (Å²) in [7, 11) is -3.83. The minimum absolute atomic E-state index is 0.135. The lowest BCUT2D eigenvalue weighted by atomic mass is 10.1.